The SMILES string of the molecule is C#CCCCNC(=O)c1ccc(N)cc1Cl. The molecule has 0 aliphatic rings. The van der Waals surface area contributed by atoms with Gasteiger partial charge in [-0.3, -0.25) is 4.79 Å². The minimum absolute atomic E-state index is 0.206. The van der Waals surface area contributed by atoms with Crippen molar-refractivity contribution in [2.75, 3.05) is 12.3 Å². The van der Waals surface area contributed by atoms with E-state index in [1.165, 1.54) is 0 Å². The van der Waals surface area contributed by atoms with E-state index in [0.29, 0.717) is 29.2 Å². The number of hydrogen-bond donors (Lipinski definition) is 2. The molecular formula is C12H13ClN2O. The highest BCUT2D eigenvalue weighted by Gasteiger charge is 2.09. The Hall–Kier alpha value is -1.66. The van der Waals surface area contributed by atoms with Gasteiger partial charge < -0.3 is 11.1 Å². The molecule has 1 rings (SSSR count). The molecule has 3 N–H and O–H groups in total. The van der Waals surface area contributed by atoms with Crippen molar-refractivity contribution in [1.29, 1.82) is 0 Å². The normalized spacial score (nSPS) is 9.50. The number of halogens is 1. The van der Waals surface area contributed by atoms with Crippen LogP contribution in [0.15, 0.2) is 18.2 Å². The molecule has 0 heterocycles. The number of nitrogen functional groups attached to an aromatic ring is 1. The number of benzene rings is 1. The molecule has 0 unspecified atom stereocenters. The Morgan fingerprint density at radius 1 is 1.56 bits per heavy atom. The first-order valence-electron chi connectivity index (χ1n) is 4.92. The second kappa shape index (κ2) is 6.04. The van der Waals surface area contributed by atoms with Crippen LogP contribution in [0.2, 0.25) is 5.02 Å². The Labute approximate surface area is 100.0 Å². The fourth-order valence-corrected chi connectivity index (χ4v) is 1.48. The molecule has 0 fully saturated rings. The molecular weight excluding hydrogens is 224 g/mol. The van der Waals surface area contributed by atoms with E-state index in [9.17, 15) is 4.79 Å². The lowest BCUT2D eigenvalue weighted by Gasteiger charge is -2.06. The van der Waals surface area contributed by atoms with Gasteiger partial charge in [0.15, 0.2) is 0 Å². The van der Waals surface area contributed by atoms with Crippen LogP contribution in [0.3, 0.4) is 0 Å². The second-order valence-corrected chi connectivity index (χ2v) is 3.71. The molecule has 3 nitrogen and oxygen atoms in total. The Morgan fingerprint density at radius 3 is 2.94 bits per heavy atom. The monoisotopic (exact) mass is 236 g/mol. The Morgan fingerprint density at radius 2 is 2.31 bits per heavy atom. The number of nitrogens with one attached hydrogen (secondary N) is 1. The predicted molar refractivity (Wildman–Crippen MR) is 66.3 cm³/mol. The van der Waals surface area contributed by atoms with Gasteiger partial charge in [0.2, 0.25) is 0 Å². The summed E-state index contributed by atoms with van der Waals surface area (Å²) in [6, 6.07) is 4.80. The molecule has 0 aliphatic heterocycles. The number of anilines is 1. The zero-order valence-electron chi connectivity index (χ0n) is 8.79. The van der Waals surface area contributed by atoms with Gasteiger partial charge in [-0.2, -0.15) is 0 Å². The van der Waals surface area contributed by atoms with Crippen molar-refractivity contribution < 1.29 is 4.79 Å². The molecule has 1 amide bonds. The summed E-state index contributed by atoms with van der Waals surface area (Å²) >= 11 is 5.89. The van der Waals surface area contributed by atoms with Gasteiger partial charge in [-0.05, 0) is 24.6 Å². The topological polar surface area (TPSA) is 55.1 Å². The maximum atomic E-state index is 11.7. The summed E-state index contributed by atoms with van der Waals surface area (Å²) < 4.78 is 0. The summed E-state index contributed by atoms with van der Waals surface area (Å²) in [5, 5.41) is 3.09. The average molecular weight is 237 g/mol. The molecule has 16 heavy (non-hydrogen) atoms. The van der Waals surface area contributed by atoms with Crippen molar-refractivity contribution in [3.05, 3.63) is 28.8 Å². The van der Waals surface area contributed by atoms with Crippen molar-refractivity contribution in [3.8, 4) is 12.3 Å². The standard InChI is InChI=1S/C12H13ClN2O/c1-2-3-4-7-15-12(16)10-6-5-9(14)8-11(10)13/h1,5-6,8H,3-4,7,14H2,(H,15,16). The van der Waals surface area contributed by atoms with Crippen LogP contribution in [0.5, 0.6) is 0 Å². The number of nitrogens with two attached hydrogens (primary N) is 1. The van der Waals surface area contributed by atoms with E-state index < -0.39 is 0 Å². The second-order valence-electron chi connectivity index (χ2n) is 3.30. The van der Waals surface area contributed by atoms with Gasteiger partial charge in [0, 0.05) is 18.7 Å². The summed E-state index contributed by atoms with van der Waals surface area (Å²) in [4.78, 5) is 11.7. The van der Waals surface area contributed by atoms with Gasteiger partial charge in [-0.1, -0.05) is 11.6 Å². The molecule has 0 saturated heterocycles. The van der Waals surface area contributed by atoms with Crippen LogP contribution in [-0.4, -0.2) is 12.5 Å². The maximum Gasteiger partial charge on any atom is 0.252 e. The van der Waals surface area contributed by atoms with Crippen LogP contribution < -0.4 is 11.1 Å². The quantitative estimate of drug-likeness (QED) is 0.478. The Kier molecular flexibility index (Phi) is 4.68. The summed E-state index contributed by atoms with van der Waals surface area (Å²) in [6.07, 6.45) is 6.51. The first-order chi connectivity index (χ1) is 7.65. The molecule has 0 saturated carbocycles. The molecule has 0 bridgehead atoms. The predicted octanol–water partition coefficient (Wildman–Crippen LogP) is 2.07. The summed E-state index contributed by atoms with van der Waals surface area (Å²) in [5.74, 6) is 2.30. The molecule has 84 valence electrons. The highest BCUT2D eigenvalue weighted by Crippen LogP contribution is 2.18. The van der Waals surface area contributed by atoms with E-state index in [-0.39, 0.29) is 5.91 Å². The van der Waals surface area contributed by atoms with Crippen LogP contribution in [0.1, 0.15) is 23.2 Å². The summed E-state index contributed by atoms with van der Waals surface area (Å²) in [6.45, 7) is 0.545. The van der Waals surface area contributed by atoms with E-state index in [2.05, 4.69) is 11.2 Å². The van der Waals surface area contributed by atoms with Gasteiger partial charge in [-0.15, -0.1) is 12.3 Å². The third-order valence-corrected chi connectivity index (χ3v) is 2.33. The Balaban J connectivity index is 2.57. The van der Waals surface area contributed by atoms with Gasteiger partial charge in [-0.25, -0.2) is 0 Å². The van der Waals surface area contributed by atoms with E-state index >= 15 is 0 Å². The molecule has 0 radical (unpaired) electrons. The van der Waals surface area contributed by atoms with E-state index in [1.807, 2.05) is 0 Å². The maximum absolute atomic E-state index is 11.7. The fourth-order valence-electron chi connectivity index (χ4n) is 1.20. The number of amides is 1. The van der Waals surface area contributed by atoms with Crippen molar-refractivity contribution in [2.45, 2.75) is 12.8 Å². The van der Waals surface area contributed by atoms with Gasteiger partial charge in [0.25, 0.3) is 5.91 Å². The first-order valence-corrected chi connectivity index (χ1v) is 5.29. The minimum Gasteiger partial charge on any atom is -0.399 e. The fraction of sp³-hybridized carbons (Fsp3) is 0.250. The van der Waals surface area contributed by atoms with Gasteiger partial charge in [0.05, 0.1) is 10.6 Å². The molecule has 0 spiro atoms. The van der Waals surface area contributed by atoms with Gasteiger partial charge in [0.1, 0.15) is 0 Å². The third-order valence-electron chi connectivity index (χ3n) is 2.02. The first kappa shape index (κ1) is 12.4. The number of unbranched alkanes of at least 4 members (excludes halogenated alkanes) is 1. The molecule has 0 aromatic heterocycles. The lowest BCUT2D eigenvalue weighted by Crippen LogP contribution is -2.24. The lowest BCUT2D eigenvalue weighted by molar-refractivity contribution is 0.0953. The minimum atomic E-state index is -0.206. The number of carbonyl (C=O) groups is 1. The highest BCUT2D eigenvalue weighted by atomic mass is 35.5. The van der Waals surface area contributed by atoms with E-state index in [1.54, 1.807) is 18.2 Å². The van der Waals surface area contributed by atoms with Crippen LogP contribution in [-0.2, 0) is 0 Å². The number of rotatable bonds is 4. The molecule has 1 aromatic carbocycles. The van der Waals surface area contributed by atoms with Crippen molar-refractivity contribution in [1.82, 2.24) is 5.32 Å². The highest BCUT2D eigenvalue weighted by molar-refractivity contribution is 6.34. The summed E-state index contributed by atoms with van der Waals surface area (Å²) in [7, 11) is 0. The van der Waals surface area contributed by atoms with Crippen molar-refractivity contribution in [3.63, 3.8) is 0 Å². The largest absolute Gasteiger partial charge is 0.399 e. The van der Waals surface area contributed by atoms with Crippen LogP contribution in [0, 0.1) is 12.3 Å². The number of hydrogen-bond acceptors (Lipinski definition) is 2. The van der Waals surface area contributed by atoms with Crippen molar-refractivity contribution in [2.24, 2.45) is 0 Å². The lowest BCUT2D eigenvalue weighted by atomic mass is 10.2. The molecule has 0 atom stereocenters. The van der Waals surface area contributed by atoms with E-state index in [0.717, 1.165) is 6.42 Å². The zero-order chi connectivity index (χ0) is 12.0. The summed E-state index contributed by atoms with van der Waals surface area (Å²) in [5.41, 5.74) is 6.49. The average Bonchev–Trinajstić information content (AvgIpc) is 2.24. The smallest absolute Gasteiger partial charge is 0.252 e. The number of terminal acetylenes is 1. The zero-order valence-corrected chi connectivity index (χ0v) is 9.55. The third kappa shape index (κ3) is 3.48. The molecule has 1 aromatic rings. The molecule has 4 heteroatoms. The van der Waals surface area contributed by atoms with Crippen molar-refractivity contribution >= 4 is 23.2 Å². The molecule has 0 aliphatic carbocycles. The van der Waals surface area contributed by atoms with Crippen LogP contribution in [0.25, 0.3) is 0 Å². The van der Waals surface area contributed by atoms with Crippen LogP contribution >= 0.6 is 11.6 Å². The Bertz CT molecular complexity index is 424. The van der Waals surface area contributed by atoms with Gasteiger partial charge >= 0.3 is 0 Å². The van der Waals surface area contributed by atoms with Crippen LogP contribution in [0.4, 0.5) is 5.69 Å². The van der Waals surface area contributed by atoms with E-state index in [4.69, 9.17) is 23.8 Å². The number of carbonyl (C=O) groups excluding carboxylic acids is 1.